The molecule has 8 nitrogen and oxygen atoms in total. The van der Waals surface area contributed by atoms with Crippen molar-refractivity contribution in [1.29, 1.82) is 0 Å². The Morgan fingerprint density at radius 3 is 2.61 bits per heavy atom. The van der Waals surface area contributed by atoms with E-state index >= 15 is 0 Å². The second-order valence-corrected chi connectivity index (χ2v) is 8.28. The molecule has 3 aromatic heterocycles. The summed E-state index contributed by atoms with van der Waals surface area (Å²) in [7, 11) is 0. The normalized spacial score (nSPS) is 16.6. The Labute approximate surface area is 190 Å². The van der Waals surface area contributed by atoms with Crippen LogP contribution in [0, 0.1) is 0 Å². The van der Waals surface area contributed by atoms with Crippen molar-refractivity contribution in [2.75, 3.05) is 24.5 Å². The molecule has 1 aliphatic heterocycles. The quantitative estimate of drug-likeness (QED) is 0.425. The van der Waals surface area contributed by atoms with E-state index in [1.165, 1.54) is 12.5 Å². The van der Waals surface area contributed by atoms with Gasteiger partial charge in [0.05, 0.1) is 17.3 Å². The molecule has 33 heavy (non-hydrogen) atoms. The maximum atomic E-state index is 12.9. The molecular formula is C25H22N6O2. The fraction of sp³-hybridized carbons (Fsp3) is 0.200. The number of carbonyl (C=O) groups is 1. The van der Waals surface area contributed by atoms with Crippen molar-refractivity contribution in [3.63, 3.8) is 0 Å². The molecule has 1 fully saturated rings. The minimum Gasteiger partial charge on any atom is -0.472 e. The van der Waals surface area contributed by atoms with Crippen molar-refractivity contribution in [2.24, 2.45) is 0 Å². The molecule has 0 radical (unpaired) electrons. The third kappa shape index (κ3) is 3.22. The van der Waals surface area contributed by atoms with Crippen LogP contribution in [-0.4, -0.2) is 56.1 Å². The zero-order chi connectivity index (χ0) is 22.4. The van der Waals surface area contributed by atoms with Crippen molar-refractivity contribution in [3.05, 3.63) is 78.8 Å². The Morgan fingerprint density at radius 1 is 1.00 bits per heavy atom. The first-order valence-corrected chi connectivity index (χ1v) is 11.0. The first-order chi connectivity index (χ1) is 16.2. The molecule has 0 N–H and O–H groups in total. The summed E-state index contributed by atoms with van der Waals surface area (Å²) in [6.45, 7) is 3.95. The number of aromatic nitrogens is 4. The molecule has 5 aromatic rings. The van der Waals surface area contributed by atoms with E-state index in [4.69, 9.17) is 9.40 Å². The maximum Gasteiger partial charge on any atom is 0.257 e. The molecule has 0 spiro atoms. The minimum absolute atomic E-state index is 0.00104. The van der Waals surface area contributed by atoms with Gasteiger partial charge in [-0.05, 0) is 25.1 Å². The molecule has 1 saturated heterocycles. The number of fused-ring (bicyclic) bond motifs is 3. The highest BCUT2D eigenvalue weighted by Gasteiger charge is 2.31. The van der Waals surface area contributed by atoms with Crippen LogP contribution >= 0.6 is 0 Å². The zero-order valence-electron chi connectivity index (χ0n) is 18.1. The van der Waals surface area contributed by atoms with Gasteiger partial charge in [0.25, 0.3) is 5.91 Å². The van der Waals surface area contributed by atoms with Crippen LogP contribution in [0.5, 0.6) is 0 Å². The van der Waals surface area contributed by atoms with E-state index in [9.17, 15) is 4.79 Å². The van der Waals surface area contributed by atoms with Crippen LogP contribution in [-0.2, 0) is 0 Å². The summed E-state index contributed by atoms with van der Waals surface area (Å²) in [5.41, 5.74) is 3.20. The second kappa shape index (κ2) is 7.74. The summed E-state index contributed by atoms with van der Waals surface area (Å²) in [5.74, 6) is 1.53. The van der Waals surface area contributed by atoms with Gasteiger partial charge in [-0.3, -0.25) is 4.79 Å². The van der Waals surface area contributed by atoms with Gasteiger partial charge in [-0.25, -0.2) is 9.38 Å². The van der Waals surface area contributed by atoms with Crippen molar-refractivity contribution >= 4 is 28.4 Å². The Balaban J connectivity index is 1.44. The Hall–Kier alpha value is -4.20. The lowest BCUT2D eigenvalue weighted by Gasteiger charge is -2.40. The first-order valence-electron chi connectivity index (χ1n) is 11.0. The summed E-state index contributed by atoms with van der Waals surface area (Å²) >= 11 is 0. The highest BCUT2D eigenvalue weighted by Crippen LogP contribution is 2.29. The lowest BCUT2D eigenvalue weighted by atomic mass is 10.1. The van der Waals surface area contributed by atoms with Gasteiger partial charge in [-0.1, -0.05) is 42.5 Å². The molecule has 1 amide bonds. The molecule has 8 heteroatoms. The summed E-state index contributed by atoms with van der Waals surface area (Å²) < 4.78 is 7.14. The lowest BCUT2D eigenvalue weighted by Crippen LogP contribution is -2.54. The van der Waals surface area contributed by atoms with Crippen LogP contribution in [0.2, 0.25) is 0 Å². The number of furan rings is 1. The molecule has 2 aromatic carbocycles. The fourth-order valence-corrected chi connectivity index (χ4v) is 4.55. The van der Waals surface area contributed by atoms with Crippen molar-refractivity contribution in [1.82, 2.24) is 24.5 Å². The number of benzene rings is 2. The van der Waals surface area contributed by atoms with E-state index in [0.29, 0.717) is 25.2 Å². The van der Waals surface area contributed by atoms with E-state index in [-0.39, 0.29) is 11.9 Å². The monoisotopic (exact) mass is 438 g/mol. The van der Waals surface area contributed by atoms with Gasteiger partial charge in [-0.2, -0.15) is 0 Å². The molecule has 1 unspecified atom stereocenters. The number of piperazine rings is 1. The average molecular weight is 438 g/mol. The Bertz CT molecular complexity index is 1440. The lowest BCUT2D eigenvalue weighted by molar-refractivity contribution is 0.0672. The van der Waals surface area contributed by atoms with Gasteiger partial charge in [0.1, 0.15) is 6.26 Å². The summed E-state index contributed by atoms with van der Waals surface area (Å²) in [6, 6.07) is 19.7. The molecule has 6 rings (SSSR count). The van der Waals surface area contributed by atoms with E-state index in [1.807, 2.05) is 63.9 Å². The topological polar surface area (TPSA) is 79.8 Å². The van der Waals surface area contributed by atoms with Gasteiger partial charge >= 0.3 is 0 Å². The third-order valence-corrected chi connectivity index (χ3v) is 6.20. The van der Waals surface area contributed by atoms with Gasteiger partial charge < -0.3 is 14.2 Å². The molecule has 0 aliphatic carbocycles. The highest BCUT2D eigenvalue weighted by atomic mass is 16.3. The molecular weight excluding hydrogens is 416 g/mol. The molecule has 4 heterocycles. The number of carbonyl (C=O) groups excluding carboxylic acids is 1. The van der Waals surface area contributed by atoms with Gasteiger partial charge in [-0.15, -0.1) is 10.2 Å². The highest BCUT2D eigenvalue weighted by molar-refractivity contribution is 5.95. The minimum atomic E-state index is -0.0122. The van der Waals surface area contributed by atoms with Crippen LogP contribution < -0.4 is 4.90 Å². The second-order valence-electron chi connectivity index (χ2n) is 8.28. The van der Waals surface area contributed by atoms with E-state index in [2.05, 4.69) is 22.0 Å². The predicted molar refractivity (Wildman–Crippen MR) is 125 cm³/mol. The van der Waals surface area contributed by atoms with Crippen LogP contribution in [0.25, 0.3) is 27.9 Å². The third-order valence-electron chi connectivity index (χ3n) is 6.20. The van der Waals surface area contributed by atoms with Crippen molar-refractivity contribution in [2.45, 2.75) is 13.0 Å². The maximum absolute atomic E-state index is 12.9. The van der Waals surface area contributed by atoms with Crippen LogP contribution in [0.1, 0.15) is 17.3 Å². The van der Waals surface area contributed by atoms with E-state index in [1.54, 1.807) is 6.07 Å². The Kier molecular flexibility index (Phi) is 4.57. The largest absolute Gasteiger partial charge is 0.472 e. The number of para-hydroxylation sites is 1. The van der Waals surface area contributed by atoms with Gasteiger partial charge in [0.2, 0.25) is 5.95 Å². The number of hydrogen-bond donors (Lipinski definition) is 0. The standard InChI is InChI=1S/C25H22N6O2/c1-17-15-29(12-13-30(17)24(32)19-11-14-33-16-19)25-26-21-10-6-5-9-20(21)23-28-27-22(31(23)25)18-7-3-2-4-8-18/h2-11,14,16-17H,12-13,15H2,1H3. The molecule has 0 bridgehead atoms. The summed E-state index contributed by atoms with van der Waals surface area (Å²) in [4.78, 5) is 22.1. The fourth-order valence-electron chi connectivity index (χ4n) is 4.55. The number of hydrogen-bond acceptors (Lipinski definition) is 6. The molecule has 1 atom stereocenters. The van der Waals surface area contributed by atoms with Crippen molar-refractivity contribution in [3.8, 4) is 11.4 Å². The smallest absolute Gasteiger partial charge is 0.257 e. The molecule has 0 saturated carbocycles. The van der Waals surface area contributed by atoms with Crippen LogP contribution in [0.15, 0.2) is 77.6 Å². The zero-order valence-corrected chi connectivity index (χ0v) is 18.1. The first kappa shape index (κ1) is 19.5. The molecule has 164 valence electrons. The number of amides is 1. The van der Waals surface area contributed by atoms with Crippen LogP contribution in [0.3, 0.4) is 0 Å². The SMILES string of the molecule is CC1CN(c2nc3ccccc3c3nnc(-c4ccccc4)n23)CCN1C(=O)c1ccoc1. The molecule has 1 aliphatic rings. The summed E-state index contributed by atoms with van der Waals surface area (Å²) in [5, 5.41) is 10.0. The van der Waals surface area contributed by atoms with E-state index < -0.39 is 0 Å². The van der Waals surface area contributed by atoms with Crippen molar-refractivity contribution < 1.29 is 9.21 Å². The number of rotatable bonds is 3. The number of nitrogens with zero attached hydrogens (tertiary/aromatic N) is 6. The van der Waals surface area contributed by atoms with Gasteiger partial charge in [0, 0.05) is 36.6 Å². The van der Waals surface area contributed by atoms with Gasteiger partial charge in [0.15, 0.2) is 11.5 Å². The number of anilines is 1. The van der Waals surface area contributed by atoms with Crippen LogP contribution in [0.4, 0.5) is 5.95 Å². The average Bonchev–Trinajstić information content (AvgIpc) is 3.54. The summed E-state index contributed by atoms with van der Waals surface area (Å²) in [6.07, 6.45) is 3.03. The predicted octanol–water partition coefficient (Wildman–Crippen LogP) is 3.89. The van der Waals surface area contributed by atoms with E-state index in [0.717, 1.165) is 33.9 Å². The Morgan fingerprint density at radius 2 is 1.82 bits per heavy atom.